The number of halogens is 1. The van der Waals surface area contributed by atoms with E-state index in [1.807, 2.05) is 12.3 Å². The fraction of sp³-hybridized carbons (Fsp3) is 0.308. The molecule has 0 saturated heterocycles. The normalized spacial score (nSPS) is 18.3. The second kappa shape index (κ2) is 4.51. The smallest absolute Gasteiger partial charge is 0.120 e. The number of hydrogen-bond donors (Lipinski definition) is 2. The van der Waals surface area contributed by atoms with Gasteiger partial charge in [0.15, 0.2) is 0 Å². The number of nitrogens with zero attached hydrogens (tertiary/aromatic N) is 1. The Balaban J connectivity index is 1.71. The maximum Gasteiger partial charge on any atom is 0.120 e. The average Bonchev–Trinajstić information content (AvgIpc) is 2.94. The number of benzene rings is 1. The Morgan fingerprint density at radius 3 is 3.24 bits per heavy atom. The van der Waals surface area contributed by atoms with E-state index in [1.165, 1.54) is 11.1 Å². The van der Waals surface area contributed by atoms with Crippen molar-refractivity contribution in [3.8, 4) is 0 Å². The van der Waals surface area contributed by atoms with Gasteiger partial charge in [-0.15, -0.1) is 0 Å². The van der Waals surface area contributed by atoms with Gasteiger partial charge in [-0.2, -0.15) is 0 Å². The largest absolute Gasteiger partial charge is 0.348 e. The van der Waals surface area contributed by atoms with E-state index in [0.717, 1.165) is 30.2 Å². The van der Waals surface area contributed by atoms with Crippen LogP contribution < -0.4 is 5.32 Å². The highest BCUT2D eigenvalue weighted by molar-refractivity contribution is 6.30. The van der Waals surface area contributed by atoms with Crippen LogP contribution >= 0.6 is 11.6 Å². The monoisotopic (exact) mass is 247 g/mol. The van der Waals surface area contributed by atoms with Crippen molar-refractivity contribution in [1.82, 2.24) is 15.3 Å². The molecule has 0 spiro atoms. The maximum absolute atomic E-state index is 5.99. The first-order valence-electron chi connectivity index (χ1n) is 5.83. The predicted octanol–water partition coefficient (Wildman–Crippen LogP) is 2.84. The van der Waals surface area contributed by atoms with E-state index < -0.39 is 0 Å². The lowest BCUT2D eigenvalue weighted by Gasteiger charge is -2.12. The summed E-state index contributed by atoms with van der Waals surface area (Å²) in [6.45, 7) is 0.778. The Kier molecular flexibility index (Phi) is 2.87. The number of imidazole rings is 1. The highest BCUT2D eigenvalue weighted by Gasteiger charge is 2.21. The molecule has 0 saturated carbocycles. The molecule has 0 aliphatic heterocycles. The van der Waals surface area contributed by atoms with Gasteiger partial charge in [-0.3, -0.25) is 0 Å². The minimum absolute atomic E-state index is 0.423. The molecule has 0 radical (unpaired) electrons. The lowest BCUT2D eigenvalue weighted by molar-refractivity contribution is 0.521. The van der Waals surface area contributed by atoms with E-state index in [2.05, 4.69) is 27.4 Å². The number of rotatable bonds is 3. The Bertz CT molecular complexity index is 507. The van der Waals surface area contributed by atoms with Crippen LogP contribution in [-0.4, -0.2) is 9.97 Å². The summed E-state index contributed by atoms with van der Waals surface area (Å²) in [7, 11) is 0. The third-order valence-electron chi connectivity index (χ3n) is 3.25. The minimum atomic E-state index is 0.423. The van der Waals surface area contributed by atoms with E-state index in [9.17, 15) is 0 Å². The van der Waals surface area contributed by atoms with E-state index in [0.29, 0.717) is 6.04 Å². The summed E-state index contributed by atoms with van der Waals surface area (Å²) < 4.78 is 0. The zero-order valence-corrected chi connectivity index (χ0v) is 10.2. The molecule has 17 heavy (non-hydrogen) atoms. The molecule has 4 heteroatoms. The number of aromatic amines is 1. The van der Waals surface area contributed by atoms with Crippen LogP contribution in [-0.2, 0) is 13.0 Å². The van der Waals surface area contributed by atoms with Crippen LogP contribution in [0.2, 0.25) is 5.02 Å². The first kappa shape index (κ1) is 10.8. The standard InChI is InChI=1S/C13H14ClN3/c14-10-2-3-11-9(7-10)1-4-12(11)17-8-13-15-5-6-16-13/h2-3,5-7,12,17H,1,4,8H2,(H,15,16). The van der Waals surface area contributed by atoms with E-state index in [4.69, 9.17) is 11.6 Å². The van der Waals surface area contributed by atoms with E-state index in [1.54, 1.807) is 6.20 Å². The molecular formula is C13H14ClN3. The SMILES string of the molecule is Clc1ccc2c(c1)CCC2NCc1ncc[nH]1. The molecule has 1 unspecified atom stereocenters. The Labute approximate surface area is 105 Å². The van der Waals surface area contributed by atoms with Gasteiger partial charge in [0.05, 0.1) is 6.54 Å². The molecule has 1 aliphatic carbocycles. The van der Waals surface area contributed by atoms with Crippen LogP contribution in [0.4, 0.5) is 0 Å². The summed E-state index contributed by atoms with van der Waals surface area (Å²) in [4.78, 5) is 7.31. The van der Waals surface area contributed by atoms with Gasteiger partial charge in [-0.25, -0.2) is 4.98 Å². The van der Waals surface area contributed by atoms with Crippen LogP contribution in [0.25, 0.3) is 0 Å². The molecule has 0 fully saturated rings. The van der Waals surface area contributed by atoms with Gasteiger partial charge in [0.25, 0.3) is 0 Å². The summed E-state index contributed by atoms with van der Waals surface area (Å²) in [5, 5.41) is 4.35. The second-order valence-electron chi connectivity index (χ2n) is 4.35. The molecule has 1 aromatic heterocycles. The Morgan fingerprint density at radius 2 is 2.41 bits per heavy atom. The summed E-state index contributed by atoms with van der Waals surface area (Å²) >= 11 is 5.99. The molecule has 2 N–H and O–H groups in total. The van der Waals surface area contributed by atoms with Crippen LogP contribution in [0.3, 0.4) is 0 Å². The lowest BCUT2D eigenvalue weighted by atomic mass is 10.1. The van der Waals surface area contributed by atoms with Crippen LogP contribution in [0, 0.1) is 0 Å². The first-order valence-corrected chi connectivity index (χ1v) is 6.21. The van der Waals surface area contributed by atoms with Crippen LogP contribution in [0.5, 0.6) is 0 Å². The van der Waals surface area contributed by atoms with Gasteiger partial charge in [0.1, 0.15) is 5.82 Å². The van der Waals surface area contributed by atoms with E-state index in [-0.39, 0.29) is 0 Å². The van der Waals surface area contributed by atoms with E-state index >= 15 is 0 Å². The van der Waals surface area contributed by atoms with Gasteiger partial charge >= 0.3 is 0 Å². The van der Waals surface area contributed by atoms with Gasteiger partial charge in [0, 0.05) is 23.5 Å². The third-order valence-corrected chi connectivity index (χ3v) is 3.49. The van der Waals surface area contributed by atoms with Crippen molar-refractivity contribution in [3.63, 3.8) is 0 Å². The van der Waals surface area contributed by atoms with Crippen molar-refractivity contribution in [1.29, 1.82) is 0 Å². The zero-order chi connectivity index (χ0) is 11.7. The van der Waals surface area contributed by atoms with Gasteiger partial charge in [-0.05, 0) is 36.1 Å². The van der Waals surface area contributed by atoms with Crippen molar-refractivity contribution in [2.75, 3.05) is 0 Å². The molecule has 0 amide bonds. The van der Waals surface area contributed by atoms with Crippen molar-refractivity contribution >= 4 is 11.6 Å². The zero-order valence-electron chi connectivity index (χ0n) is 9.41. The van der Waals surface area contributed by atoms with Crippen molar-refractivity contribution in [3.05, 3.63) is 52.6 Å². The number of aromatic nitrogens is 2. The summed E-state index contributed by atoms with van der Waals surface area (Å²) in [6.07, 6.45) is 5.86. The number of fused-ring (bicyclic) bond motifs is 1. The molecule has 1 aliphatic rings. The molecule has 1 atom stereocenters. The average molecular weight is 248 g/mol. The topological polar surface area (TPSA) is 40.7 Å². The number of hydrogen-bond acceptors (Lipinski definition) is 2. The highest BCUT2D eigenvalue weighted by Crippen LogP contribution is 2.32. The highest BCUT2D eigenvalue weighted by atomic mass is 35.5. The van der Waals surface area contributed by atoms with Crippen LogP contribution in [0.15, 0.2) is 30.6 Å². The quantitative estimate of drug-likeness (QED) is 0.876. The number of aryl methyl sites for hydroxylation is 1. The number of H-pyrrole nitrogens is 1. The number of nitrogens with one attached hydrogen (secondary N) is 2. The Hall–Kier alpha value is -1.32. The van der Waals surface area contributed by atoms with Gasteiger partial charge < -0.3 is 10.3 Å². The first-order chi connectivity index (χ1) is 8.33. The molecule has 3 rings (SSSR count). The van der Waals surface area contributed by atoms with Crippen molar-refractivity contribution in [2.24, 2.45) is 0 Å². The molecular weight excluding hydrogens is 234 g/mol. The van der Waals surface area contributed by atoms with Gasteiger partial charge in [0.2, 0.25) is 0 Å². The second-order valence-corrected chi connectivity index (χ2v) is 4.79. The fourth-order valence-corrected chi connectivity index (χ4v) is 2.61. The predicted molar refractivity (Wildman–Crippen MR) is 67.9 cm³/mol. The Morgan fingerprint density at radius 1 is 1.47 bits per heavy atom. The molecule has 88 valence electrons. The molecule has 0 bridgehead atoms. The van der Waals surface area contributed by atoms with Gasteiger partial charge in [-0.1, -0.05) is 17.7 Å². The summed E-state index contributed by atoms with van der Waals surface area (Å²) in [5.41, 5.74) is 2.75. The fourth-order valence-electron chi connectivity index (χ4n) is 2.41. The minimum Gasteiger partial charge on any atom is -0.348 e. The third kappa shape index (κ3) is 2.21. The van der Waals surface area contributed by atoms with Crippen molar-refractivity contribution < 1.29 is 0 Å². The molecule has 3 nitrogen and oxygen atoms in total. The molecule has 2 aromatic rings. The summed E-state index contributed by atoms with van der Waals surface area (Å²) in [5.74, 6) is 0.979. The molecule has 1 heterocycles. The maximum atomic E-state index is 5.99. The lowest BCUT2D eigenvalue weighted by Crippen LogP contribution is -2.19. The molecule has 1 aromatic carbocycles. The van der Waals surface area contributed by atoms with Crippen molar-refractivity contribution in [2.45, 2.75) is 25.4 Å². The van der Waals surface area contributed by atoms with Crippen LogP contribution in [0.1, 0.15) is 29.4 Å². The summed E-state index contributed by atoms with van der Waals surface area (Å²) in [6, 6.07) is 6.59.